The molecule has 4 rings (SSSR count). The molecule has 1 aliphatic rings. The van der Waals surface area contributed by atoms with Crippen LogP contribution in [-0.4, -0.2) is 41.3 Å². The Hall–Kier alpha value is -3.37. The third-order valence-electron chi connectivity index (χ3n) is 4.73. The summed E-state index contributed by atoms with van der Waals surface area (Å²) in [4.78, 5) is 24.9. The minimum Gasteiger partial charge on any atom is -0.486 e. The molecule has 1 saturated heterocycles. The van der Waals surface area contributed by atoms with Crippen LogP contribution < -0.4 is 15.4 Å². The zero-order valence-electron chi connectivity index (χ0n) is 17.0. The molecule has 32 heavy (non-hydrogen) atoms. The number of ether oxygens (including phenoxy) is 2. The van der Waals surface area contributed by atoms with Crippen molar-refractivity contribution in [3.63, 3.8) is 0 Å². The maximum atomic E-state index is 12.9. The number of aromatic nitrogens is 2. The monoisotopic (exact) mass is 456 g/mol. The molecule has 0 radical (unpaired) electrons. The Bertz CT molecular complexity index is 1080. The second kappa shape index (κ2) is 10.3. The lowest BCUT2D eigenvalue weighted by atomic mass is 10.1. The first-order valence-electron chi connectivity index (χ1n) is 10.1. The number of carbonyl (C=O) groups is 2. The number of nitrogens with zero attached hydrogens (tertiary/aromatic N) is 2. The number of anilines is 1. The molecule has 2 N–H and O–H groups in total. The summed E-state index contributed by atoms with van der Waals surface area (Å²) in [5.41, 5.74) is 0.908. The van der Waals surface area contributed by atoms with Gasteiger partial charge in [0, 0.05) is 24.4 Å². The highest BCUT2D eigenvalue weighted by molar-refractivity contribution is 7.13. The van der Waals surface area contributed by atoms with Crippen molar-refractivity contribution in [1.82, 2.24) is 15.5 Å². The van der Waals surface area contributed by atoms with Crippen LogP contribution in [0.3, 0.4) is 0 Å². The van der Waals surface area contributed by atoms with E-state index in [-0.39, 0.29) is 29.4 Å². The molecular formula is C22H21FN4O4S. The van der Waals surface area contributed by atoms with E-state index in [9.17, 15) is 14.0 Å². The number of hydrogen-bond acceptors (Lipinski definition) is 7. The van der Waals surface area contributed by atoms with E-state index < -0.39 is 5.91 Å². The highest BCUT2D eigenvalue weighted by atomic mass is 32.1. The normalized spacial score (nSPS) is 15.3. The van der Waals surface area contributed by atoms with Crippen molar-refractivity contribution in [1.29, 1.82) is 0 Å². The summed E-state index contributed by atoms with van der Waals surface area (Å²) in [6.07, 6.45) is 2.00. The molecular weight excluding hydrogens is 435 g/mol. The van der Waals surface area contributed by atoms with Crippen molar-refractivity contribution in [2.75, 3.05) is 18.5 Å². The largest absolute Gasteiger partial charge is 0.486 e. The lowest BCUT2D eigenvalue weighted by Crippen LogP contribution is -2.31. The van der Waals surface area contributed by atoms with Gasteiger partial charge in [-0.2, -0.15) is 0 Å². The van der Waals surface area contributed by atoms with E-state index in [1.807, 2.05) is 0 Å². The van der Waals surface area contributed by atoms with Crippen LogP contribution in [0.15, 0.2) is 48.5 Å². The average molecular weight is 456 g/mol. The van der Waals surface area contributed by atoms with Crippen LogP contribution in [0.1, 0.15) is 38.0 Å². The number of hydrogen-bond donors (Lipinski definition) is 2. The summed E-state index contributed by atoms with van der Waals surface area (Å²) in [5, 5.41) is 14.1. The lowest BCUT2D eigenvalue weighted by molar-refractivity contribution is 0.0857. The molecule has 1 aromatic heterocycles. The molecule has 8 nitrogen and oxygen atoms in total. The summed E-state index contributed by atoms with van der Waals surface area (Å²) in [6.45, 7) is 1.30. The van der Waals surface area contributed by atoms with Gasteiger partial charge in [-0.15, -0.1) is 10.2 Å². The molecule has 0 saturated carbocycles. The van der Waals surface area contributed by atoms with Crippen LogP contribution in [0.25, 0.3) is 0 Å². The Balaban J connectivity index is 1.31. The molecule has 2 amide bonds. The van der Waals surface area contributed by atoms with Crippen molar-refractivity contribution >= 4 is 28.8 Å². The van der Waals surface area contributed by atoms with Crippen LogP contribution in [0.4, 0.5) is 10.1 Å². The van der Waals surface area contributed by atoms with Gasteiger partial charge in [-0.1, -0.05) is 17.4 Å². The van der Waals surface area contributed by atoms with Crippen molar-refractivity contribution < 1.29 is 23.5 Å². The minimum absolute atomic E-state index is 0.0560. The third kappa shape index (κ3) is 5.86. The standard InChI is InChI=1S/C22H21FN4O4S/c23-15-6-8-17(9-7-15)31-13-19-26-27-22(32-19)21(29)25-16-4-1-3-14(11-16)20(28)24-12-18-5-2-10-30-18/h1,3-4,6-9,11,18H,2,5,10,12-13H2,(H,24,28)(H,25,29)/t18-/m1/s1. The van der Waals surface area contributed by atoms with Crippen molar-refractivity contribution in [3.8, 4) is 5.75 Å². The van der Waals surface area contributed by atoms with E-state index in [2.05, 4.69) is 20.8 Å². The van der Waals surface area contributed by atoms with Gasteiger partial charge in [0.2, 0.25) is 5.01 Å². The Morgan fingerprint density at radius 3 is 2.78 bits per heavy atom. The van der Waals surface area contributed by atoms with Crippen LogP contribution in [-0.2, 0) is 11.3 Å². The van der Waals surface area contributed by atoms with E-state index in [1.165, 1.54) is 24.3 Å². The molecule has 2 aromatic carbocycles. The number of halogens is 1. The highest BCUT2D eigenvalue weighted by Crippen LogP contribution is 2.18. The molecule has 0 unspecified atom stereocenters. The smallest absolute Gasteiger partial charge is 0.286 e. The number of carbonyl (C=O) groups excluding carboxylic acids is 2. The van der Waals surface area contributed by atoms with Gasteiger partial charge in [0.05, 0.1) is 6.10 Å². The second-order valence-corrected chi connectivity index (χ2v) is 8.19. The van der Waals surface area contributed by atoms with Crippen LogP contribution >= 0.6 is 11.3 Å². The summed E-state index contributed by atoms with van der Waals surface area (Å²) in [7, 11) is 0. The summed E-state index contributed by atoms with van der Waals surface area (Å²) in [5.74, 6) is -0.529. The highest BCUT2D eigenvalue weighted by Gasteiger charge is 2.18. The van der Waals surface area contributed by atoms with Gasteiger partial charge in [0.1, 0.15) is 18.2 Å². The summed E-state index contributed by atoms with van der Waals surface area (Å²) in [6, 6.07) is 12.3. The fourth-order valence-electron chi connectivity index (χ4n) is 3.12. The number of benzene rings is 2. The van der Waals surface area contributed by atoms with Crippen LogP contribution in [0, 0.1) is 5.82 Å². The Morgan fingerprint density at radius 1 is 1.16 bits per heavy atom. The zero-order chi connectivity index (χ0) is 22.3. The van der Waals surface area contributed by atoms with Gasteiger partial charge in [-0.25, -0.2) is 4.39 Å². The van der Waals surface area contributed by atoms with Gasteiger partial charge in [-0.3, -0.25) is 9.59 Å². The first kappa shape index (κ1) is 21.8. The quantitative estimate of drug-likeness (QED) is 0.539. The first-order chi connectivity index (χ1) is 15.6. The maximum absolute atomic E-state index is 12.9. The fourth-order valence-corrected chi connectivity index (χ4v) is 3.76. The molecule has 2 heterocycles. The molecule has 3 aromatic rings. The topological polar surface area (TPSA) is 102 Å². The average Bonchev–Trinajstić information content (AvgIpc) is 3.49. The maximum Gasteiger partial charge on any atom is 0.286 e. The van der Waals surface area contributed by atoms with E-state index in [1.54, 1.807) is 24.3 Å². The molecule has 166 valence electrons. The van der Waals surface area contributed by atoms with Gasteiger partial charge in [-0.05, 0) is 55.3 Å². The summed E-state index contributed by atoms with van der Waals surface area (Å²) >= 11 is 1.09. The number of amides is 2. The Morgan fingerprint density at radius 2 is 2.00 bits per heavy atom. The van der Waals surface area contributed by atoms with Crippen LogP contribution in [0.5, 0.6) is 5.75 Å². The summed E-state index contributed by atoms with van der Waals surface area (Å²) < 4.78 is 24.0. The molecule has 1 atom stereocenters. The van der Waals surface area contributed by atoms with E-state index in [0.29, 0.717) is 28.6 Å². The molecule has 0 spiro atoms. The first-order valence-corrected chi connectivity index (χ1v) is 10.9. The Labute approximate surface area is 187 Å². The molecule has 0 aliphatic carbocycles. The van der Waals surface area contributed by atoms with Gasteiger partial charge < -0.3 is 20.1 Å². The number of rotatable bonds is 8. The van der Waals surface area contributed by atoms with Gasteiger partial charge in [0.15, 0.2) is 5.01 Å². The second-order valence-electron chi connectivity index (χ2n) is 7.12. The van der Waals surface area contributed by atoms with E-state index in [4.69, 9.17) is 9.47 Å². The van der Waals surface area contributed by atoms with Crippen LogP contribution in [0.2, 0.25) is 0 Å². The van der Waals surface area contributed by atoms with Crippen molar-refractivity contribution in [2.45, 2.75) is 25.6 Å². The van der Waals surface area contributed by atoms with E-state index in [0.717, 1.165) is 30.8 Å². The van der Waals surface area contributed by atoms with Crippen molar-refractivity contribution in [3.05, 3.63) is 69.9 Å². The third-order valence-corrected chi connectivity index (χ3v) is 5.63. The molecule has 10 heteroatoms. The SMILES string of the molecule is O=C(NC[C@H]1CCCO1)c1cccc(NC(=O)c2nnc(COc3ccc(F)cc3)s2)c1. The Kier molecular flexibility index (Phi) is 7.03. The lowest BCUT2D eigenvalue weighted by Gasteiger charge is -2.11. The number of nitrogens with one attached hydrogen (secondary N) is 2. The molecule has 1 aliphatic heterocycles. The fraction of sp³-hybridized carbons (Fsp3) is 0.273. The van der Waals surface area contributed by atoms with E-state index >= 15 is 0 Å². The zero-order valence-corrected chi connectivity index (χ0v) is 17.9. The molecule has 1 fully saturated rings. The van der Waals surface area contributed by atoms with Gasteiger partial charge in [0.25, 0.3) is 11.8 Å². The van der Waals surface area contributed by atoms with Gasteiger partial charge >= 0.3 is 0 Å². The predicted molar refractivity (Wildman–Crippen MR) is 116 cm³/mol. The molecule has 0 bridgehead atoms. The predicted octanol–water partition coefficient (Wildman–Crippen LogP) is 3.42. The minimum atomic E-state index is -0.438. The van der Waals surface area contributed by atoms with Crippen molar-refractivity contribution in [2.24, 2.45) is 0 Å².